The smallest absolute Gasteiger partial charge is 0.123 e. The van der Waals surface area contributed by atoms with Crippen LogP contribution in [-0.4, -0.2) is 22.3 Å². The van der Waals surface area contributed by atoms with Crippen molar-refractivity contribution in [3.05, 3.63) is 53.0 Å². The van der Waals surface area contributed by atoms with Gasteiger partial charge in [-0.25, -0.2) is 13.8 Å². The van der Waals surface area contributed by atoms with Gasteiger partial charge in [0, 0.05) is 35.7 Å². The van der Waals surface area contributed by atoms with E-state index < -0.39 is 0 Å². The van der Waals surface area contributed by atoms with Crippen LogP contribution in [-0.2, 0) is 0 Å². The van der Waals surface area contributed by atoms with Gasteiger partial charge in [0.25, 0.3) is 0 Å². The van der Waals surface area contributed by atoms with E-state index in [2.05, 4.69) is 33.5 Å². The number of H-pyrrole nitrogens is 1. The first-order valence-electron chi connectivity index (χ1n) is 13.2. The maximum atomic E-state index is 13.4. The van der Waals surface area contributed by atoms with E-state index in [9.17, 15) is 4.39 Å². The number of benzene rings is 1. The van der Waals surface area contributed by atoms with Crippen LogP contribution in [0, 0.1) is 5.82 Å². The van der Waals surface area contributed by atoms with E-state index in [-0.39, 0.29) is 5.82 Å². The fourth-order valence-electron chi connectivity index (χ4n) is 3.17. The molecule has 7 heteroatoms. The normalized spacial score (nSPS) is 16.6. The van der Waals surface area contributed by atoms with Crippen molar-refractivity contribution in [1.82, 2.24) is 19.6 Å². The van der Waals surface area contributed by atoms with Crippen molar-refractivity contribution < 1.29 is 4.39 Å². The second-order valence-corrected chi connectivity index (χ2v) is 8.57. The predicted octanol–water partition coefficient (Wildman–Crippen LogP) is 9.71. The zero-order valence-electron chi connectivity index (χ0n) is 23.6. The van der Waals surface area contributed by atoms with Gasteiger partial charge in [-0.3, -0.25) is 5.10 Å². The Balaban J connectivity index is 0. The highest BCUT2D eigenvalue weighted by Crippen LogP contribution is 2.39. The molecule has 1 fully saturated rings. The Morgan fingerprint density at radius 2 is 1.60 bits per heavy atom. The highest BCUT2D eigenvalue weighted by Gasteiger charge is 2.26. The third kappa shape index (κ3) is 14.1. The lowest BCUT2D eigenvalue weighted by atomic mass is 9.84. The fourth-order valence-corrected chi connectivity index (χ4v) is 4.23. The SMILES string of the molecule is C/C=C\C.CC.CC.CC.CC(C)NSNC1CCC(c2[nH]nc(-c3cccc(F)c3)c2Cl)CC1. The van der Waals surface area contributed by atoms with Crippen LogP contribution in [0.15, 0.2) is 36.4 Å². The minimum atomic E-state index is -0.280. The van der Waals surface area contributed by atoms with Crippen molar-refractivity contribution in [2.24, 2.45) is 0 Å². The number of hydrogen-bond acceptors (Lipinski definition) is 4. The summed E-state index contributed by atoms with van der Waals surface area (Å²) in [4.78, 5) is 0. The molecule has 0 unspecified atom stereocenters. The molecule has 0 radical (unpaired) electrons. The maximum Gasteiger partial charge on any atom is 0.123 e. The number of allylic oxidation sites excluding steroid dienone is 2. The number of halogens is 2. The first kappa shape index (κ1) is 35.8. The molecule has 1 aromatic heterocycles. The topological polar surface area (TPSA) is 52.7 Å². The van der Waals surface area contributed by atoms with E-state index >= 15 is 0 Å². The van der Waals surface area contributed by atoms with Gasteiger partial charge in [-0.15, -0.1) is 0 Å². The van der Waals surface area contributed by atoms with Crippen LogP contribution in [0.25, 0.3) is 11.3 Å². The average Bonchev–Trinajstić information content (AvgIpc) is 3.29. The lowest BCUT2D eigenvalue weighted by Crippen LogP contribution is -2.31. The zero-order valence-corrected chi connectivity index (χ0v) is 25.2. The molecule has 0 atom stereocenters. The number of nitrogens with one attached hydrogen (secondary N) is 3. The zero-order chi connectivity index (χ0) is 27.2. The largest absolute Gasteiger partial charge is 0.280 e. The molecule has 1 saturated carbocycles. The number of aromatic amines is 1. The van der Waals surface area contributed by atoms with Crippen LogP contribution in [0.3, 0.4) is 0 Å². The summed E-state index contributed by atoms with van der Waals surface area (Å²) in [5.41, 5.74) is 2.32. The van der Waals surface area contributed by atoms with Gasteiger partial charge in [0.1, 0.15) is 11.5 Å². The van der Waals surface area contributed by atoms with Gasteiger partial charge in [-0.2, -0.15) is 5.10 Å². The Kier molecular flexibility index (Phi) is 23.6. The molecule has 3 rings (SSSR count). The van der Waals surface area contributed by atoms with Crippen LogP contribution in [0.2, 0.25) is 5.02 Å². The molecular weight excluding hydrogens is 479 g/mol. The summed E-state index contributed by atoms with van der Waals surface area (Å²) in [5, 5.41) is 8.05. The Morgan fingerprint density at radius 1 is 1.03 bits per heavy atom. The van der Waals surface area contributed by atoms with E-state index in [1.165, 1.54) is 12.1 Å². The lowest BCUT2D eigenvalue weighted by molar-refractivity contribution is 0.376. The van der Waals surface area contributed by atoms with Crippen molar-refractivity contribution in [3.8, 4) is 11.3 Å². The molecular formula is C28H50ClFN4S. The van der Waals surface area contributed by atoms with Crippen molar-refractivity contribution in [2.75, 3.05) is 0 Å². The summed E-state index contributed by atoms with van der Waals surface area (Å²) in [7, 11) is 0. The van der Waals surface area contributed by atoms with Crippen LogP contribution in [0.1, 0.15) is 107 Å². The van der Waals surface area contributed by atoms with Crippen molar-refractivity contribution >= 4 is 23.7 Å². The van der Waals surface area contributed by atoms with E-state index in [1.807, 2.05) is 73.6 Å². The molecule has 35 heavy (non-hydrogen) atoms. The van der Waals surface area contributed by atoms with E-state index in [0.29, 0.717) is 34.3 Å². The highest BCUT2D eigenvalue weighted by molar-refractivity contribution is 7.95. The van der Waals surface area contributed by atoms with Gasteiger partial charge in [0.2, 0.25) is 0 Å². The summed E-state index contributed by atoms with van der Waals surface area (Å²) in [6.07, 6.45) is 8.32. The van der Waals surface area contributed by atoms with Crippen molar-refractivity contribution in [3.63, 3.8) is 0 Å². The van der Waals surface area contributed by atoms with Crippen molar-refractivity contribution in [1.29, 1.82) is 0 Å². The highest BCUT2D eigenvalue weighted by atomic mass is 35.5. The van der Waals surface area contributed by atoms with Crippen molar-refractivity contribution in [2.45, 2.75) is 113 Å². The predicted molar refractivity (Wildman–Crippen MR) is 158 cm³/mol. The van der Waals surface area contributed by atoms with E-state index in [1.54, 1.807) is 18.2 Å². The second kappa shape index (κ2) is 23.1. The number of hydrogen-bond donors (Lipinski definition) is 3. The fraction of sp³-hybridized carbons (Fsp3) is 0.607. The van der Waals surface area contributed by atoms with Gasteiger partial charge >= 0.3 is 0 Å². The third-order valence-corrected chi connectivity index (χ3v) is 6.24. The minimum Gasteiger partial charge on any atom is -0.280 e. The van der Waals surface area contributed by atoms with E-state index in [0.717, 1.165) is 31.4 Å². The molecule has 1 aromatic carbocycles. The molecule has 2 aromatic rings. The molecule has 0 amide bonds. The molecule has 0 saturated heterocycles. The second-order valence-electron chi connectivity index (χ2n) is 7.52. The summed E-state index contributed by atoms with van der Waals surface area (Å²) in [6.45, 7) is 20.3. The summed E-state index contributed by atoms with van der Waals surface area (Å²) < 4.78 is 20.2. The van der Waals surface area contributed by atoms with Gasteiger partial charge in [0.05, 0.1) is 10.7 Å². The molecule has 1 aliphatic rings. The number of rotatable bonds is 6. The minimum absolute atomic E-state index is 0.280. The van der Waals surface area contributed by atoms with Crippen LogP contribution >= 0.6 is 23.7 Å². The number of nitrogens with zero attached hydrogens (tertiary/aromatic N) is 1. The molecule has 3 N–H and O–H groups in total. The summed E-state index contributed by atoms with van der Waals surface area (Å²) in [6, 6.07) is 7.36. The van der Waals surface area contributed by atoms with Crippen LogP contribution in [0.4, 0.5) is 4.39 Å². The molecule has 0 bridgehead atoms. The summed E-state index contributed by atoms with van der Waals surface area (Å²) in [5.74, 6) is 0.0978. The Bertz CT molecular complexity index is 768. The Labute approximate surface area is 224 Å². The quantitative estimate of drug-likeness (QED) is 0.258. The summed E-state index contributed by atoms with van der Waals surface area (Å²) >= 11 is 8.14. The van der Waals surface area contributed by atoms with Crippen LogP contribution < -0.4 is 9.44 Å². The molecule has 1 heterocycles. The van der Waals surface area contributed by atoms with Gasteiger partial charge < -0.3 is 0 Å². The van der Waals surface area contributed by atoms with Gasteiger partial charge in [-0.1, -0.05) is 77.4 Å². The lowest BCUT2D eigenvalue weighted by Gasteiger charge is -2.28. The monoisotopic (exact) mass is 528 g/mol. The van der Waals surface area contributed by atoms with E-state index in [4.69, 9.17) is 11.6 Å². The third-order valence-electron chi connectivity index (χ3n) is 4.82. The van der Waals surface area contributed by atoms with Crippen LogP contribution in [0.5, 0.6) is 0 Å². The Morgan fingerprint density at radius 3 is 2.09 bits per heavy atom. The van der Waals surface area contributed by atoms with Gasteiger partial charge in [0.15, 0.2) is 0 Å². The molecule has 0 spiro atoms. The molecule has 202 valence electrons. The first-order valence-corrected chi connectivity index (χ1v) is 14.4. The maximum absolute atomic E-state index is 13.4. The average molecular weight is 529 g/mol. The Hall–Kier alpha value is -1.34. The first-order chi connectivity index (χ1) is 17.0. The molecule has 1 aliphatic carbocycles. The standard InChI is InChI=1S/C18H24ClFN4S.C4H8.3C2H6/c1-11(2)23-25-24-15-8-6-12(7-9-15)17-16(19)18(22-21-17)13-4-3-5-14(20)10-13;1-3-4-2;3*1-2/h3-5,10-12,15,23-24H,6-9H2,1-2H3,(H,21,22);3-4H,1-2H3;3*1-2H3/b;4-3-;;;. The molecule has 0 aliphatic heterocycles. The molecule has 4 nitrogen and oxygen atoms in total. The van der Waals surface area contributed by atoms with Gasteiger partial charge in [-0.05, 0) is 65.5 Å². The number of aromatic nitrogens is 2.